The molecule has 214 valence electrons. The van der Waals surface area contributed by atoms with Crippen LogP contribution < -0.4 is 25.8 Å². The van der Waals surface area contributed by atoms with Crippen LogP contribution in [0.3, 0.4) is 0 Å². The Balaban J connectivity index is 1.35. The van der Waals surface area contributed by atoms with Crippen molar-refractivity contribution in [3.63, 3.8) is 0 Å². The van der Waals surface area contributed by atoms with Crippen LogP contribution in [0.2, 0.25) is 0 Å². The fourth-order valence-electron chi connectivity index (χ4n) is 4.92. The normalized spacial score (nSPS) is 16.6. The molecule has 3 aromatic rings. The zero-order chi connectivity index (χ0) is 28.3. The van der Waals surface area contributed by atoms with Crippen LogP contribution in [0.15, 0.2) is 35.3 Å². The molecule has 1 aromatic carbocycles. The van der Waals surface area contributed by atoms with Gasteiger partial charge in [0.15, 0.2) is 0 Å². The second-order valence-corrected chi connectivity index (χ2v) is 11.0. The molecule has 12 nitrogen and oxygen atoms in total. The van der Waals surface area contributed by atoms with Gasteiger partial charge in [-0.2, -0.15) is 5.10 Å². The number of piperazine rings is 1. The second kappa shape index (κ2) is 11.6. The van der Waals surface area contributed by atoms with Gasteiger partial charge in [0.1, 0.15) is 23.0 Å². The number of aromatic amines is 1. The molecule has 4 heterocycles. The highest BCUT2D eigenvalue weighted by Gasteiger charge is 2.26. The topological polar surface area (TPSA) is 134 Å². The van der Waals surface area contributed by atoms with E-state index in [1.807, 2.05) is 45.0 Å². The highest BCUT2D eigenvalue weighted by Crippen LogP contribution is 2.34. The number of carbonyl (C=O) groups excluding carboxylic acids is 1. The van der Waals surface area contributed by atoms with Gasteiger partial charge in [0, 0.05) is 62.6 Å². The lowest BCUT2D eigenvalue weighted by atomic mass is 10.1. The number of aromatic nitrogens is 3. The molecule has 2 aliphatic heterocycles. The zero-order valence-corrected chi connectivity index (χ0v) is 23.5. The summed E-state index contributed by atoms with van der Waals surface area (Å²) in [5.41, 5.74) is 0.795. The van der Waals surface area contributed by atoms with Crippen molar-refractivity contribution in [2.75, 3.05) is 62.0 Å². The maximum absolute atomic E-state index is 12.7. The molecule has 40 heavy (non-hydrogen) atoms. The quantitative estimate of drug-likeness (QED) is 0.416. The Bertz CT molecular complexity index is 1410. The fraction of sp³-hybridized carbons (Fsp3) is 0.500. The van der Waals surface area contributed by atoms with Crippen molar-refractivity contribution in [3.05, 3.63) is 40.8 Å². The lowest BCUT2D eigenvalue weighted by Crippen LogP contribution is -2.50. The number of anilines is 4. The molecule has 12 heteroatoms. The van der Waals surface area contributed by atoms with Crippen LogP contribution in [0, 0.1) is 0 Å². The Hall–Kier alpha value is -4.06. The number of nitrogens with zero attached hydrogens (tertiary/aromatic N) is 4. The maximum atomic E-state index is 12.7. The molecule has 0 bridgehead atoms. The molecular weight excluding hydrogens is 514 g/mol. The van der Waals surface area contributed by atoms with E-state index < -0.39 is 5.60 Å². The smallest absolute Gasteiger partial charge is 0.410 e. The molecule has 0 atom stereocenters. The number of amides is 1. The summed E-state index contributed by atoms with van der Waals surface area (Å²) in [6, 6.07) is 7.94. The van der Waals surface area contributed by atoms with Crippen LogP contribution in [-0.4, -0.2) is 84.3 Å². The van der Waals surface area contributed by atoms with Gasteiger partial charge in [0.25, 0.3) is 5.56 Å². The van der Waals surface area contributed by atoms with Gasteiger partial charge in [-0.05, 0) is 51.8 Å². The number of hydrogen-bond donors (Lipinski definition) is 3. The number of H-pyrrole nitrogens is 1. The highest BCUT2D eigenvalue weighted by atomic mass is 16.6. The third-order valence-corrected chi connectivity index (χ3v) is 6.95. The van der Waals surface area contributed by atoms with Gasteiger partial charge < -0.3 is 34.6 Å². The van der Waals surface area contributed by atoms with Gasteiger partial charge in [-0.15, -0.1) is 0 Å². The second-order valence-electron chi connectivity index (χ2n) is 11.0. The summed E-state index contributed by atoms with van der Waals surface area (Å²) >= 11 is 0. The molecular formula is C28H37N7O5. The zero-order valence-electron chi connectivity index (χ0n) is 23.5. The van der Waals surface area contributed by atoms with Crippen molar-refractivity contribution >= 4 is 39.9 Å². The van der Waals surface area contributed by atoms with Crippen LogP contribution in [0.5, 0.6) is 5.75 Å². The van der Waals surface area contributed by atoms with Crippen molar-refractivity contribution in [1.29, 1.82) is 0 Å². The van der Waals surface area contributed by atoms with Crippen molar-refractivity contribution in [1.82, 2.24) is 20.1 Å². The van der Waals surface area contributed by atoms with Gasteiger partial charge in [0.2, 0.25) is 0 Å². The summed E-state index contributed by atoms with van der Waals surface area (Å²) in [7, 11) is 1.61. The Morgan fingerprint density at radius 2 is 1.88 bits per heavy atom. The highest BCUT2D eigenvalue weighted by molar-refractivity contribution is 5.94. The van der Waals surface area contributed by atoms with Crippen LogP contribution in [0.4, 0.5) is 27.8 Å². The first-order valence-electron chi connectivity index (χ1n) is 13.6. The van der Waals surface area contributed by atoms with Crippen molar-refractivity contribution in [2.24, 2.45) is 0 Å². The van der Waals surface area contributed by atoms with Crippen molar-refractivity contribution in [2.45, 2.75) is 45.3 Å². The van der Waals surface area contributed by atoms with E-state index >= 15 is 0 Å². The molecule has 5 rings (SSSR count). The van der Waals surface area contributed by atoms with Crippen LogP contribution in [0.25, 0.3) is 10.8 Å². The van der Waals surface area contributed by atoms with Crippen LogP contribution >= 0.6 is 0 Å². The summed E-state index contributed by atoms with van der Waals surface area (Å²) < 4.78 is 16.7. The fourth-order valence-corrected chi connectivity index (χ4v) is 4.92. The molecule has 1 amide bonds. The van der Waals surface area contributed by atoms with E-state index in [9.17, 15) is 9.59 Å². The number of benzene rings is 1. The molecule has 2 aliphatic rings. The van der Waals surface area contributed by atoms with Gasteiger partial charge in [-0.25, -0.2) is 14.9 Å². The lowest BCUT2D eigenvalue weighted by Gasteiger charge is -2.37. The Morgan fingerprint density at radius 3 is 2.58 bits per heavy atom. The van der Waals surface area contributed by atoms with E-state index in [1.54, 1.807) is 18.2 Å². The summed E-state index contributed by atoms with van der Waals surface area (Å²) in [6.07, 6.45) is 3.10. The summed E-state index contributed by atoms with van der Waals surface area (Å²) in [4.78, 5) is 33.9. The summed E-state index contributed by atoms with van der Waals surface area (Å²) in [5, 5.41) is 14.4. The summed E-state index contributed by atoms with van der Waals surface area (Å²) in [5.74, 6) is 1.68. The minimum atomic E-state index is -0.521. The van der Waals surface area contributed by atoms with Gasteiger partial charge in [0.05, 0.1) is 24.4 Å². The Morgan fingerprint density at radius 1 is 1.12 bits per heavy atom. The third kappa shape index (κ3) is 6.39. The Labute approximate surface area is 233 Å². The first kappa shape index (κ1) is 27.5. The minimum Gasteiger partial charge on any atom is -0.494 e. The molecule has 0 aliphatic carbocycles. The van der Waals surface area contributed by atoms with Crippen LogP contribution in [-0.2, 0) is 9.47 Å². The van der Waals surface area contributed by atoms with Gasteiger partial charge in [-0.3, -0.25) is 4.79 Å². The predicted octanol–water partition coefficient (Wildman–Crippen LogP) is 3.72. The van der Waals surface area contributed by atoms with E-state index in [2.05, 4.69) is 25.7 Å². The first-order valence-corrected chi connectivity index (χ1v) is 13.6. The number of methoxy groups -OCH3 is 1. The number of pyridine rings is 1. The van der Waals surface area contributed by atoms with Gasteiger partial charge in [-0.1, -0.05) is 0 Å². The monoisotopic (exact) mass is 551 g/mol. The standard InChI is InChI=1S/C28H37N7O5/c1-28(2,3)40-27(37)35-11-9-34(10-12-35)20-5-6-21(22(16-20)38-4)31-25-24-18(17-29-33-26(24)36)15-23(32-25)30-19-7-13-39-14-8-19/h5-6,15-17,19H,7-14H2,1-4H3,(H,33,36)(H2,30,31,32). The molecule has 0 unspecified atom stereocenters. The van der Waals surface area contributed by atoms with E-state index in [4.69, 9.17) is 19.2 Å². The average molecular weight is 552 g/mol. The molecule has 0 saturated carbocycles. The largest absolute Gasteiger partial charge is 0.494 e. The number of fused-ring (bicyclic) bond motifs is 1. The molecule has 2 fully saturated rings. The number of carbonyl (C=O) groups is 1. The van der Waals surface area contributed by atoms with Crippen molar-refractivity contribution in [3.8, 4) is 5.75 Å². The van der Waals surface area contributed by atoms with E-state index in [0.717, 1.165) is 18.5 Å². The SMILES string of the molecule is COc1cc(N2CCN(C(=O)OC(C)(C)C)CC2)ccc1Nc1nc(NC2CCOCC2)cc2cn[nH]c(=O)c12. The number of ether oxygens (including phenoxy) is 3. The number of nitrogens with one attached hydrogen (secondary N) is 3. The molecule has 3 N–H and O–H groups in total. The maximum Gasteiger partial charge on any atom is 0.410 e. The van der Waals surface area contributed by atoms with E-state index in [0.29, 0.717) is 73.2 Å². The first-order chi connectivity index (χ1) is 19.2. The molecule has 2 saturated heterocycles. The van der Waals surface area contributed by atoms with Crippen molar-refractivity contribution < 1.29 is 19.0 Å². The Kier molecular flexibility index (Phi) is 7.97. The summed E-state index contributed by atoms with van der Waals surface area (Å²) in [6.45, 7) is 9.49. The van der Waals surface area contributed by atoms with E-state index in [1.165, 1.54) is 0 Å². The molecule has 2 aromatic heterocycles. The third-order valence-electron chi connectivity index (χ3n) is 6.95. The van der Waals surface area contributed by atoms with Crippen LogP contribution in [0.1, 0.15) is 33.6 Å². The van der Waals surface area contributed by atoms with Gasteiger partial charge >= 0.3 is 6.09 Å². The molecule has 0 spiro atoms. The minimum absolute atomic E-state index is 0.242. The number of rotatable bonds is 6. The van der Waals surface area contributed by atoms with E-state index in [-0.39, 0.29) is 17.7 Å². The predicted molar refractivity (Wildman–Crippen MR) is 154 cm³/mol. The molecule has 0 radical (unpaired) electrons. The lowest BCUT2D eigenvalue weighted by molar-refractivity contribution is 0.0240. The number of hydrogen-bond acceptors (Lipinski definition) is 10. The average Bonchev–Trinajstić information content (AvgIpc) is 2.93.